The molecule has 0 aromatic heterocycles. The minimum absolute atomic E-state index is 0.0482. The van der Waals surface area contributed by atoms with E-state index in [4.69, 9.17) is 0 Å². The lowest BCUT2D eigenvalue weighted by Crippen LogP contribution is -2.41. The van der Waals surface area contributed by atoms with Crippen molar-refractivity contribution in [2.24, 2.45) is 4.40 Å². The third kappa shape index (κ3) is 4.03. The minimum atomic E-state index is -4.57. The summed E-state index contributed by atoms with van der Waals surface area (Å²) in [6, 6.07) is 3.01. The Balaban J connectivity index is 1.97. The van der Waals surface area contributed by atoms with E-state index in [2.05, 4.69) is 9.71 Å². The molecule has 0 spiro atoms. The van der Waals surface area contributed by atoms with Gasteiger partial charge >= 0.3 is 6.18 Å². The second kappa shape index (κ2) is 6.97. The highest BCUT2D eigenvalue weighted by Crippen LogP contribution is 2.35. The monoisotopic (exact) mass is 414 g/mol. The van der Waals surface area contributed by atoms with E-state index in [-0.39, 0.29) is 29.4 Å². The topological polar surface area (TPSA) is 82.1 Å². The SMILES string of the molecule is CN(C)c1ccc(C(F)(F)F)cc1NC(=O)C1=CC=CN2CCS(=O)(=O)N=C12. The third-order valence-electron chi connectivity index (χ3n) is 4.16. The van der Waals surface area contributed by atoms with Crippen LogP contribution >= 0.6 is 0 Å². The molecule has 0 fully saturated rings. The Hall–Kier alpha value is -2.82. The number of sulfonamides is 1. The first-order valence-electron chi connectivity index (χ1n) is 8.16. The van der Waals surface area contributed by atoms with Gasteiger partial charge in [-0.25, -0.2) is 8.42 Å². The number of carbonyl (C=O) groups excluding carboxylic acids is 1. The smallest absolute Gasteiger partial charge is 0.376 e. The number of halogens is 3. The standard InChI is InChI=1S/C17H17F3N4O3S/c1-23(2)14-6-5-11(17(18,19)20)10-13(14)21-16(25)12-4-3-7-24-8-9-28(26,27)22-15(12)24/h3-7,10H,8-9H2,1-2H3,(H,21,25). The normalized spacial score (nSPS) is 18.1. The maximum Gasteiger partial charge on any atom is 0.416 e. The zero-order valence-corrected chi connectivity index (χ0v) is 15.8. The highest BCUT2D eigenvalue weighted by Gasteiger charge is 2.33. The number of benzene rings is 1. The van der Waals surface area contributed by atoms with E-state index in [1.54, 1.807) is 31.3 Å². The molecule has 1 amide bonds. The molecule has 28 heavy (non-hydrogen) atoms. The molecule has 0 aliphatic carbocycles. The molecule has 0 radical (unpaired) electrons. The lowest BCUT2D eigenvalue weighted by Gasteiger charge is -2.29. The van der Waals surface area contributed by atoms with Gasteiger partial charge in [-0.3, -0.25) is 4.79 Å². The van der Waals surface area contributed by atoms with Gasteiger partial charge in [-0.15, -0.1) is 4.40 Å². The molecule has 2 aliphatic rings. The van der Waals surface area contributed by atoms with Crippen LogP contribution in [-0.4, -0.2) is 51.5 Å². The molecule has 7 nitrogen and oxygen atoms in total. The van der Waals surface area contributed by atoms with E-state index in [1.165, 1.54) is 17.0 Å². The van der Waals surface area contributed by atoms with Crippen molar-refractivity contribution in [1.29, 1.82) is 0 Å². The summed E-state index contributed by atoms with van der Waals surface area (Å²) in [5.41, 5.74) is -0.646. The lowest BCUT2D eigenvalue weighted by molar-refractivity contribution is -0.137. The molecule has 1 aromatic carbocycles. The predicted molar refractivity (Wildman–Crippen MR) is 99.6 cm³/mol. The minimum Gasteiger partial charge on any atom is -0.376 e. The van der Waals surface area contributed by atoms with Gasteiger partial charge in [-0.2, -0.15) is 13.2 Å². The van der Waals surface area contributed by atoms with Gasteiger partial charge < -0.3 is 15.1 Å². The van der Waals surface area contributed by atoms with Gasteiger partial charge in [0, 0.05) is 26.8 Å². The molecule has 1 N–H and O–H groups in total. The molecule has 1 aromatic rings. The number of carbonyl (C=O) groups is 1. The highest BCUT2D eigenvalue weighted by molar-refractivity contribution is 7.90. The van der Waals surface area contributed by atoms with E-state index in [1.807, 2.05) is 0 Å². The van der Waals surface area contributed by atoms with Gasteiger partial charge in [-0.05, 0) is 30.4 Å². The van der Waals surface area contributed by atoms with Crippen LogP contribution in [0.15, 0.2) is 46.5 Å². The van der Waals surface area contributed by atoms with E-state index in [9.17, 15) is 26.4 Å². The number of anilines is 2. The van der Waals surface area contributed by atoms with Crippen LogP contribution in [0, 0.1) is 0 Å². The first kappa shape index (κ1) is 19.9. The fourth-order valence-corrected chi connectivity index (χ4v) is 3.77. The molecule has 0 atom stereocenters. The van der Waals surface area contributed by atoms with Crippen LogP contribution < -0.4 is 10.2 Å². The number of nitrogens with zero attached hydrogens (tertiary/aromatic N) is 3. The number of allylic oxidation sites excluding steroid dienone is 2. The largest absolute Gasteiger partial charge is 0.416 e. The number of hydrogen-bond donors (Lipinski definition) is 1. The second-order valence-corrected chi connectivity index (χ2v) is 8.15. The summed E-state index contributed by atoms with van der Waals surface area (Å²) in [5.74, 6) is -0.994. The Morgan fingerprint density at radius 2 is 2.00 bits per heavy atom. The molecule has 0 saturated heterocycles. The van der Waals surface area contributed by atoms with Crippen molar-refractivity contribution in [3.8, 4) is 0 Å². The summed E-state index contributed by atoms with van der Waals surface area (Å²) in [4.78, 5) is 15.8. The van der Waals surface area contributed by atoms with Crippen molar-refractivity contribution in [1.82, 2.24) is 4.90 Å². The van der Waals surface area contributed by atoms with Crippen molar-refractivity contribution < 1.29 is 26.4 Å². The fraction of sp³-hybridized carbons (Fsp3) is 0.294. The molecule has 2 aliphatic heterocycles. The summed E-state index contributed by atoms with van der Waals surface area (Å²) < 4.78 is 66.4. The number of amidine groups is 1. The molecular formula is C17H17F3N4O3S. The third-order valence-corrected chi connectivity index (χ3v) is 5.31. The summed E-state index contributed by atoms with van der Waals surface area (Å²) in [5, 5.41) is 2.45. The van der Waals surface area contributed by atoms with Crippen LogP contribution in [0.25, 0.3) is 0 Å². The maximum absolute atomic E-state index is 13.1. The van der Waals surface area contributed by atoms with Gasteiger partial charge in [0.15, 0.2) is 5.84 Å². The van der Waals surface area contributed by atoms with E-state index < -0.39 is 27.7 Å². The molecule has 150 valence electrons. The average Bonchev–Trinajstić information content (AvgIpc) is 2.59. The molecule has 2 heterocycles. The molecule has 0 saturated carbocycles. The fourth-order valence-electron chi connectivity index (χ4n) is 2.79. The zero-order valence-electron chi connectivity index (χ0n) is 15.0. The van der Waals surface area contributed by atoms with Crippen molar-refractivity contribution in [3.63, 3.8) is 0 Å². The predicted octanol–water partition coefficient (Wildman–Crippen LogP) is 2.21. The number of nitrogens with one attached hydrogen (secondary N) is 1. The molecule has 0 unspecified atom stereocenters. The van der Waals surface area contributed by atoms with Crippen LogP contribution in [0.2, 0.25) is 0 Å². The van der Waals surface area contributed by atoms with Gasteiger partial charge in [0.05, 0.1) is 28.3 Å². The van der Waals surface area contributed by atoms with E-state index >= 15 is 0 Å². The van der Waals surface area contributed by atoms with Crippen LogP contribution in [0.4, 0.5) is 24.5 Å². The molecular weight excluding hydrogens is 397 g/mol. The first-order chi connectivity index (χ1) is 13.0. The quantitative estimate of drug-likeness (QED) is 0.820. The number of rotatable bonds is 3. The number of hydrogen-bond acceptors (Lipinski definition) is 5. The number of alkyl halides is 3. The van der Waals surface area contributed by atoms with Gasteiger partial charge in [0.2, 0.25) is 0 Å². The summed E-state index contributed by atoms with van der Waals surface area (Å²) in [6.07, 6.45) is -0.0748. The molecule has 11 heteroatoms. The van der Waals surface area contributed by atoms with Crippen molar-refractivity contribution >= 4 is 33.1 Å². The second-order valence-electron chi connectivity index (χ2n) is 6.39. The Morgan fingerprint density at radius 1 is 1.29 bits per heavy atom. The Bertz CT molecular complexity index is 1010. The average molecular weight is 414 g/mol. The maximum atomic E-state index is 13.1. The molecule has 3 rings (SSSR count). The number of amides is 1. The van der Waals surface area contributed by atoms with Crippen LogP contribution in [0.3, 0.4) is 0 Å². The Kier molecular flexibility index (Phi) is 4.96. The van der Waals surface area contributed by atoms with E-state index in [0.29, 0.717) is 5.69 Å². The van der Waals surface area contributed by atoms with Crippen LogP contribution in [0.1, 0.15) is 5.56 Å². The highest BCUT2D eigenvalue weighted by atomic mass is 32.2. The summed E-state index contributed by atoms with van der Waals surface area (Å²) in [7, 11) is -0.455. The van der Waals surface area contributed by atoms with Gasteiger partial charge in [-0.1, -0.05) is 0 Å². The lowest BCUT2D eigenvalue weighted by atomic mass is 10.1. The van der Waals surface area contributed by atoms with Crippen molar-refractivity contribution in [3.05, 3.63) is 47.7 Å². The number of fused-ring (bicyclic) bond motifs is 1. The summed E-state index contributed by atoms with van der Waals surface area (Å²) >= 11 is 0. The molecule has 0 bridgehead atoms. The van der Waals surface area contributed by atoms with Gasteiger partial charge in [0.1, 0.15) is 0 Å². The Labute approximate surface area is 159 Å². The van der Waals surface area contributed by atoms with E-state index in [0.717, 1.165) is 12.1 Å². The van der Waals surface area contributed by atoms with Crippen molar-refractivity contribution in [2.75, 3.05) is 36.6 Å². The van der Waals surface area contributed by atoms with Crippen LogP contribution in [0.5, 0.6) is 0 Å². The van der Waals surface area contributed by atoms with Gasteiger partial charge in [0.25, 0.3) is 15.9 Å². The Morgan fingerprint density at radius 3 is 2.64 bits per heavy atom. The van der Waals surface area contributed by atoms with Crippen molar-refractivity contribution in [2.45, 2.75) is 6.18 Å². The van der Waals surface area contributed by atoms with Crippen LogP contribution in [-0.2, 0) is 21.0 Å². The summed E-state index contributed by atoms with van der Waals surface area (Å²) in [6.45, 7) is 0.134. The first-order valence-corrected chi connectivity index (χ1v) is 9.77. The zero-order chi connectivity index (χ0) is 20.7.